The first-order valence-corrected chi connectivity index (χ1v) is 7.99. The molecule has 2 aromatic heterocycles. The number of nitrogens with one attached hydrogen (secondary N) is 1. The maximum absolute atomic E-state index is 13.5. The normalized spacial score (nSPS) is 10.8. The summed E-state index contributed by atoms with van der Waals surface area (Å²) >= 11 is 0. The molecule has 0 aliphatic rings. The van der Waals surface area contributed by atoms with Crippen molar-refractivity contribution in [3.05, 3.63) is 72.1 Å². The first-order valence-electron chi connectivity index (χ1n) is 7.99. The molecule has 0 saturated heterocycles. The van der Waals surface area contributed by atoms with Gasteiger partial charge in [-0.05, 0) is 42.3 Å². The molecule has 0 atom stereocenters. The first kappa shape index (κ1) is 16.0. The highest BCUT2D eigenvalue weighted by atomic mass is 19.1. The van der Waals surface area contributed by atoms with Gasteiger partial charge in [0.1, 0.15) is 29.9 Å². The number of rotatable bonds is 5. The Labute approximate surface area is 148 Å². The van der Waals surface area contributed by atoms with Crippen LogP contribution in [0, 0.1) is 12.7 Å². The van der Waals surface area contributed by atoms with Gasteiger partial charge in [0.2, 0.25) is 0 Å². The predicted molar refractivity (Wildman–Crippen MR) is 94.8 cm³/mol. The Morgan fingerprint density at radius 3 is 2.85 bits per heavy atom. The summed E-state index contributed by atoms with van der Waals surface area (Å²) in [7, 11) is 0. The van der Waals surface area contributed by atoms with E-state index in [9.17, 15) is 4.39 Å². The molecule has 130 valence electrons. The summed E-state index contributed by atoms with van der Waals surface area (Å²) < 4.78 is 24.8. The molecule has 2 aromatic carbocycles. The molecule has 2 heterocycles. The van der Waals surface area contributed by atoms with Gasteiger partial charge in [-0.15, -0.1) is 0 Å². The lowest BCUT2D eigenvalue weighted by molar-refractivity contribution is 0.308. The van der Waals surface area contributed by atoms with Crippen LogP contribution in [0.1, 0.15) is 11.1 Å². The third-order valence-electron chi connectivity index (χ3n) is 3.98. The molecule has 0 bridgehead atoms. The van der Waals surface area contributed by atoms with Crippen LogP contribution in [0.15, 0.2) is 59.6 Å². The van der Waals surface area contributed by atoms with Crippen LogP contribution in [0.5, 0.6) is 5.75 Å². The zero-order chi connectivity index (χ0) is 17.9. The van der Waals surface area contributed by atoms with Gasteiger partial charge in [0.25, 0.3) is 0 Å². The van der Waals surface area contributed by atoms with Crippen LogP contribution >= 0.6 is 0 Å². The number of aryl methyl sites for hydroxylation is 1. The monoisotopic (exact) mass is 350 g/mol. The molecule has 6 nitrogen and oxygen atoms in total. The number of halogens is 1. The number of hydrogen-bond donors (Lipinski definition) is 1. The topological polar surface area (TPSA) is 73.1 Å². The Hall–Kier alpha value is -3.48. The molecule has 0 saturated carbocycles. The van der Waals surface area contributed by atoms with E-state index in [0.29, 0.717) is 28.2 Å². The van der Waals surface area contributed by atoms with Crippen molar-refractivity contribution in [1.29, 1.82) is 0 Å². The molecule has 0 spiro atoms. The van der Waals surface area contributed by atoms with Crippen molar-refractivity contribution < 1.29 is 13.7 Å². The van der Waals surface area contributed by atoms with Gasteiger partial charge < -0.3 is 14.6 Å². The van der Waals surface area contributed by atoms with Crippen molar-refractivity contribution in [2.45, 2.75) is 13.5 Å². The second-order valence-electron chi connectivity index (χ2n) is 5.77. The van der Waals surface area contributed by atoms with E-state index in [1.807, 2.05) is 19.1 Å². The molecule has 0 unspecified atom stereocenters. The fourth-order valence-corrected chi connectivity index (χ4v) is 2.62. The number of hydrogen-bond acceptors (Lipinski definition) is 6. The molecule has 1 N–H and O–H groups in total. The summed E-state index contributed by atoms with van der Waals surface area (Å²) in [5.74, 6) is 0.803. The standard InChI is InChI=1S/C19H15FN4O2/c1-12-5-6-14(20)7-13(12)10-25-16-3-2-4-17-18(16)19(24-26-17)23-15-8-21-11-22-9-15/h2-9,11H,10H2,1H3,(H,23,24). The second kappa shape index (κ2) is 6.79. The predicted octanol–water partition coefficient (Wildman–Crippen LogP) is 4.39. The SMILES string of the molecule is Cc1ccc(F)cc1COc1cccc2onc(Nc3cncnc3)c12. The van der Waals surface area contributed by atoms with E-state index in [1.54, 1.807) is 24.5 Å². The molecule has 0 aliphatic carbocycles. The first-order chi connectivity index (χ1) is 12.7. The van der Waals surface area contributed by atoms with Crippen molar-refractivity contribution in [3.8, 4) is 5.75 Å². The Bertz CT molecular complexity index is 1050. The summed E-state index contributed by atoms with van der Waals surface area (Å²) in [5, 5.41) is 7.87. The van der Waals surface area contributed by atoms with Crippen molar-refractivity contribution in [3.63, 3.8) is 0 Å². The number of nitrogens with zero attached hydrogens (tertiary/aromatic N) is 3. The number of anilines is 2. The molecule has 0 fully saturated rings. The minimum atomic E-state index is -0.288. The van der Waals surface area contributed by atoms with E-state index >= 15 is 0 Å². The quantitative estimate of drug-likeness (QED) is 0.575. The highest BCUT2D eigenvalue weighted by Crippen LogP contribution is 2.34. The molecule has 4 rings (SSSR count). The maximum Gasteiger partial charge on any atom is 0.185 e. The van der Waals surface area contributed by atoms with Gasteiger partial charge in [-0.1, -0.05) is 17.3 Å². The van der Waals surface area contributed by atoms with Gasteiger partial charge in [-0.25, -0.2) is 14.4 Å². The molecular formula is C19H15FN4O2. The zero-order valence-corrected chi connectivity index (χ0v) is 13.9. The summed E-state index contributed by atoms with van der Waals surface area (Å²) in [4.78, 5) is 7.93. The molecule has 0 radical (unpaired) electrons. The van der Waals surface area contributed by atoms with Crippen molar-refractivity contribution in [2.24, 2.45) is 0 Å². The molecule has 0 aliphatic heterocycles. The van der Waals surface area contributed by atoms with E-state index in [2.05, 4.69) is 20.4 Å². The average Bonchev–Trinajstić information content (AvgIpc) is 3.07. The van der Waals surface area contributed by atoms with Crippen molar-refractivity contribution in [2.75, 3.05) is 5.32 Å². The van der Waals surface area contributed by atoms with Crippen LogP contribution in [-0.2, 0) is 6.61 Å². The second-order valence-corrected chi connectivity index (χ2v) is 5.77. The van der Waals surface area contributed by atoms with E-state index in [1.165, 1.54) is 18.5 Å². The fourth-order valence-electron chi connectivity index (χ4n) is 2.62. The summed E-state index contributed by atoms with van der Waals surface area (Å²) in [6, 6.07) is 10.1. The van der Waals surface area contributed by atoms with Gasteiger partial charge in [0, 0.05) is 0 Å². The van der Waals surface area contributed by atoms with Crippen LogP contribution in [0.4, 0.5) is 15.9 Å². The Morgan fingerprint density at radius 2 is 2.00 bits per heavy atom. The fraction of sp³-hybridized carbons (Fsp3) is 0.105. The molecule has 0 amide bonds. The lowest BCUT2D eigenvalue weighted by atomic mass is 10.1. The summed E-state index contributed by atoms with van der Waals surface area (Å²) in [6.07, 6.45) is 4.71. The van der Waals surface area contributed by atoms with E-state index in [4.69, 9.17) is 9.26 Å². The minimum Gasteiger partial charge on any atom is -0.488 e. The van der Waals surface area contributed by atoms with Gasteiger partial charge in [-0.2, -0.15) is 0 Å². The third kappa shape index (κ3) is 3.19. The number of fused-ring (bicyclic) bond motifs is 1. The highest BCUT2D eigenvalue weighted by Gasteiger charge is 2.14. The molecule has 26 heavy (non-hydrogen) atoms. The smallest absolute Gasteiger partial charge is 0.185 e. The number of benzene rings is 2. The van der Waals surface area contributed by atoms with Crippen LogP contribution in [0.3, 0.4) is 0 Å². The van der Waals surface area contributed by atoms with Crippen LogP contribution in [0.2, 0.25) is 0 Å². The summed E-state index contributed by atoms with van der Waals surface area (Å²) in [5.41, 5.74) is 3.00. The van der Waals surface area contributed by atoms with Gasteiger partial charge >= 0.3 is 0 Å². The third-order valence-corrected chi connectivity index (χ3v) is 3.98. The Kier molecular flexibility index (Phi) is 4.18. The zero-order valence-electron chi connectivity index (χ0n) is 13.9. The summed E-state index contributed by atoms with van der Waals surface area (Å²) in [6.45, 7) is 2.16. The van der Waals surface area contributed by atoms with E-state index in [0.717, 1.165) is 11.1 Å². The Balaban J connectivity index is 1.64. The van der Waals surface area contributed by atoms with Crippen LogP contribution in [-0.4, -0.2) is 15.1 Å². The lowest BCUT2D eigenvalue weighted by Gasteiger charge is -2.10. The minimum absolute atomic E-state index is 0.238. The van der Waals surface area contributed by atoms with Crippen molar-refractivity contribution >= 4 is 22.5 Å². The maximum atomic E-state index is 13.5. The molecule has 4 aromatic rings. The van der Waals surface area contributed by atoms with Crippen LogP contribution < -0.4 is 10.1 Å². The van der Waals surface area contributed by atoms with E-state index < -0.39 is 0 Å². The van der Waals surface area contributed by atoms with E-state index in [-0.39, 0.29) is 12.4 Å². The molecule has 7 heteroatoms. The number of aromatic nitrogens is 3. The molecular weight excluding hydrogens is 335 g/mol. The lowest BCUT2D eigenvalue weighted by Crippen LogP contribution is -2.00. The highest BCUT2D eigenvalue weighted by molar-refractivity contribution is 5.95. The Morgan fingerprint density at radius 1 is 1.15 bits per heavy atom. The average molecular weight is 350 g/mol. The van der Waals surface area contributed by atoms with Crippen molar-refractivity contribution in [1.82, 2.24) is 15.1 Å². The van der Waals surface area contributed by atoms with Gasteiger partial charge in [0.15, 0.2) is 11.4 Å². The van der Waals surface area contributed by atoms with Crippen LogP contribution in [0.25, 0.3) is 11.0 Å². The largest absolute Gasteiger partial charge is 0.488 e. The van der Waals surface area contributed by atoms with Gasteiger partial charge in [0.05, 0.1) is 18.1 Å². The number of ether oxygens (including phenoxy) is 1. The van der Waals surface area contributed by atoms with Gasteiger partial charge in [-0.3, -0.25) is 0 Å².